The van der Waals surface area contributed by atoms with Gasteiger partial charge in [0.05, 0.1) is 17.0 Å². The number of hydrogen-bond acceptors (Lipinski definition) is 4. The molecule has 0 atom stereocenters. The van der Waals surface area contributed by atoms with Gasteiger partial charge in [-0.2, -0.15) is 0 Å². The van der Waals surface area contributed by atoms with Gasteiger partial charge < -0.3 is 4.74 Å². The fraction of sp³-hybridized carbons (Fsp3) is 0.231. The van der Waals surface area contributed by atoms with Gasteiger partial charge in [0, 0.05) is 0 Å². The van der Waals surface area contributed by atoms with Gasteiger partial charge in [-0.1, -0.05) is 24.3 Å². The molecule has 0 saturated heterocycles. The molecule has 88 valence electrons. The Hall–Kier alpha value is -1.68. The summed E-state index contributed by atoms with van der Waals surface area (Å²) in [7, 11) is 1.37. The van der Waals surface area contributed by atoms with E-state index in [1.807, 2.05) is 38.1 Å². The summed E-state index contributed by atoms with van der Waals surface area (Å²) in [4.78, 5) is 16.8. The Morgan fingerprint density at radius 3 is 2.65 bits per heavy atom. The lowest BCUT2D eigenvalue weighted by atomic mass is 10.1. The molecule has 0 bridgehead atoms. The molecule has 2 rings (SSSR count). The van der Waals surface area contributed by atoms with Crippen LogP contribution >= 0.6 is 11.3 Å². The van der Waals surface area contributed by atoms with E-state index in [0.29, 0.717) is 5.69 Å². The number of rotatable bonds is 2. The van der Waals surface area contributed by atoms with E-state index in [1.54, 1.807) is 0 Å². The molecule has 0 radical (unpaired) electrons. The maximum absolute atomic E-state index is 11.7. The van der Waals surface area contributed by atoms with E-state index in [0.717, 1.165) is 21.0 Å². The van der Waals surface area contributed by atoms with Crippen molar-refractivity contribution in [1.82, 2.24) is 4.98 Å². The first-order valence-electron chi connectivity index (χ1n) is 5.25. The van der Waals surface area contributed by atoms with E-state index in [9.17, 15) is 4.79 Å². The van der Waals surface area contributed by atoms with E-state index in [-0.39, 0.29) is 5.97 Å². The fourth-order valence-corrected chi connectivity index (χ4v) is 2.67. The van der Waals surface area contributed by atoms with Gasteiger partial charge in [-0.25, -0.2) is 9.78 Å². The van der Waals surface area contributed by atoms with Gasteiger partial charge in [0.1, 0.15) is 0 Å². The zero-order chi connectivity index (χ0) is 12.4. The van der Waals surface area contributed by atoms with Crippen LogP contribution in [0.5, 0.6) is 0 Å². The number of esters is 1. The van der Waals surface area contributed by atoms with Crippen LogP contribution in [0.2, 0.25) is 0 Å². The molecule has 4 heteroatoms. The number of methoxy groups -OCH3 is 1. The molecular weight excluding hydrogens is 234 g/mol. The summed E-state index contributed by atoms with van der Waals surface area (Å²) < 4.78 is 4.76. The third-order valence-electron chi connectivity index (χ3n) is 2.50. The third kappa shape index (κ3) is 2.22. The first-order chi connectivity index (χ1) is 8.13. The standard InChI is InChI=1S/C13H13NO2S/c1-8-6-4-5-7-10(8)12-11(13(15)16-3)14-9(2)17-12/h4-7H,1-3H3. The van der Waals surface area contributed by atoms with E-state index < -0.39 is 0 Å². The van der Waals surface area contributed by atoms with Crippen LogP contribution in [-0.4, -0.2) is 18.1 Å². The third-order valence-corrected chi connectivity index (χ3v) is 3.51. The van der Waals surface area contributed by atoms with Crippen LogP contribution in [0.25, 0.3) is 10.4 Å². The zero-order valence-corrected chi connectivity index (χ0v) is 10.8. The van der Waals surface area contributed by atoms with Crippen molar-refractivity contribution >= 4 is 17.3 Å². The topological polar surface area (TPSA) is 39.2 Å². The molecule has 0 saturated carbocycles. The van der Waals surface area contributed by atoms with Crippen LogP contribution in [0.3, 0.4) is 0 Å². The highest BCUT2D eigenvalue weighted by atomic mass is 32.1. The Labute approximate surface area is 104 Å². The summed E-state index contributed by atoms with van der Waals surface area (Å²) in [6, 6.07) is 7.95. The van der Waals surface area contributed by atoms with Crippen LogP contribution in [0.1, 0.15) is 21.1 Å². The van der Waals surface area contributed by atoms with Gasteiger partial charge in [0.25, 0.3) is 0 Å². The van der Waals surface area contributed by atoms with E-state index in [1.165, 1.54) is 18.4 Å². The molecule has 0 aliphatic heterocycles. The van der Waals surface area contributed by atoms with Crippen molar-refractivity contribution in [2.75, 3.05) is 7.11 Å². The number of aromatic nitrogens is 1. The number of carbonyl (C=O) groups excluding carboxylic acids is 1. The number of nitrogens with zero attached hydrogens (tertiary/aromatic N) is 1. The van der Waals surface area contributed by atoms with Gasteiger partial charge in [-0.15, -0.1) is 11.3 Å². The Morgan fingerprint density at radius 1 is 1.29 bits per heavy atom. The fourth-order valence-electron chi connectivity index (χ4n) is 1.67. The summed E-state index contributed by atoms with van der Waals surface area (Å²) in [5.74, 6) is -0.382. The molecule has 17 heavy (non-hydrogen) atoms. The molecule has 1 aromatic heterocycles. The lowest BCUT2D eigenvalue weighted by Gasteiger charge is -2.04. The molecule has 0 unspecified atom stereocenters. The Balaban J connectivity index is 2.60. The lowest BCUT2D eigenvalue weighted by molar-refractivity contribution is 0.0595. The minimum atomic E-state index is -0.382. The lowest BCUT2D eigenvalue weighted by Crippen LogP contribution is -2.03. The van der Waals surface area contributed by atoms with Gasteiger partial charge in [-0.05, 0) is 25.0 Å². The quantitative estimate of drug-likeness (QED) is 0.765. The maximum atomic E-state index is 11.7. The van der Waals surface area contributed by atoms with Crippen molar-refractivity contribution < 1.29 is 9.53 Å². The number of thiazole rings is 1. The number of carbonyl (C=O) groups is 1. The summed E-state index contributed by atoms with van der Waals surface area (Å²) in [5, 5.41) is 0.864. The van der Waals surface area contributed by atoms with Gasteiger partial charge in [-0.3, -0.25) is 0 Å². The molecule has 0 spiro atoms. The average Bonchev–Trinajstić information content (AvgIpc) is 2.71. The number of aryl methyl sites for hydroxylation is 2. The van der Waals surface area contributed by atoms with Crippen LogP contribution in [-0.2, 0) is 4.74 Å². The highest BCUT2D eigenvalue weighted by Gasteiger charge is 2.19. The molecule has 1 aromatic carbocycles. The van der Waals surface area contributed by atoms with Crippen LogP contribution in [0.4, 0.5) is 0 Å². The van der Waals surface area contributed by atoms with Gasteiger partial charge >= 0.3 is 5.97 Å². The predicted molar refractivity (Wildman–Crippen MR) is 68.4 cm³/mol. The molecule has 2 aromatic rings. The van der Waals surface area contributed by atoms with Crippen molar-refractivity contribution in [2.45, 2.75) is 13.8 Å². The first-order valence-corrected chi connectivity index (χ1v) is 6.07. The first kappa shape index (κ1) is 11.8. The van der Waals surface area contributed by atoms with Crippen molar-refractivity contribution in [1.29, 1.82) is 0 Å². The Kier molecular flexibility index (Phi) is 3.24. The highest BCUT2D eigenvalue weighted by molar-refractivity contribution is 7.15. The number of hydrogen-bond donors (Lipinski definition) is 0. The van der Waals surface area contributed by atoms with Gasteiger partial charge in [0.2, 0.25) is 0 Å². The molecule has 3 nitrogen and oxygen atoms in total. The minimum absolute atomic E-state index is 0.382. The van der Waals surface area contributed by atoms with Gasteiger partial charge in [0.15, 0.2) is 5.69 Å². The SMILES string of the molecule is COC(=O)c1nc(C)sc1-c1ccccc1C. The zero-order valence-electron chi connectivity index (χ0n) is 9.98. The van der Waals surface area contributed by atoms with Crippen LogP contribution in [0.15, 0.2) is 24.3 Å². The molecule has 0 aliphatic rings. The normalized spacial score (nSPS) is 10.3. The van der Waals surface area contributed by atoms with Crippen LogP contribution < -0.4 is 0 Å². The minimum Gasteiger partial charge on any atom is -0.464 e. The molecule has 1 heterocycles. The maximum Gasteiger partial charge on any atom is 0.358 e. The smallest absolute Gasteiger partial charge is 0.358 e. The highest BCUT2D eigenvalue weighted by Crippen LogP contribution is 2.32. The second kappa shape index (κ2) is 4.67. The molecule has 0 fully saturated rings. The summed E-state index contributed by atoms with van der Waals surface area (Å²) >= 11 is 1.51. The van der Waals surface area contributed by atoms with E-state index >= 15 is 0 Å². The molecule has 0 amide bonds. The van der Waals surface area contributed by atoms with Crippen molar-refractivity contribution in [3.05, 3.63) is 40.5 Å². The second-order valence-electron chi connectivity index (χ2n) is 3.72. The molecule has 0 aliphatic carbocycles. The number of ether oxygens (including phenoxy) is 1. The number of benzene rings is 1. The summed E-state index contributed by atoms with van der Waals surface area (Å²) in [6.45, 7) is 3.91. The monoisotopic (exact) mass is 247 g/mol. The van der Waals surface area contributed by atoms with Crippen molar-refractivity contribution in [3.63, 3.8) is 0 Å². The largest absolute Gasteiger partial charge is 0.464 e. The summed E-state index contributed by atoms with van der Waals surface area (Å²) in [5.41, 5.74) is 2.57. The van der Waals surface area contributed by atoms with E-state index in [4.69, 9.17) is 4.74 Å². The average molecular weight is 247 g/mol. The molecule has 0 N–H and O–H groups in total. The molecular formula is C13H13NO2S. The predicted octanol–water partition coefficient (Wildman–Crippen LogP) is 3.21. The van der Waals surface area contributed by atoms with Crippen LogP contribution in [0, 0.1) is 13.8 Å². The van der Waals surface area contributed by atoms with E-state index in [2.05, 4.69) is 4.98 Å². The second-order valence-corrected chi connectivity index (χ2v) is 4.92. The van der Waals surface area contributed by atoms with Crippen molar-refractivity contribution in [2.24, 2.45) is 0 Å². The Bertz CT molecular complexity index is 560. The van der Waals surface area contributed by atoms with Crippen molar-refractivity contribution in [3.8, 4) is 10.4 Å². The Morgan fingerprint density at radius 2 is 2.00 bits per heavy atom. The summed E-state index contributed by atoms with van der Waals surface area (Å²) in [6.07, 6.45) is 0.